The molecule has 1 atom stereocenters. The molecule has 1 fully saturated rings. The van der Waals surface area contributed by atoms with Gasteiger partial charge in [-0.15, -0.1) is 0 Å². The zero-order valence-electron chi connectivity index (χ0n) is 9.63. The molecule has 2 rings (SSSR count). The minimum atomic E-state index is 0.478. The summed E-state index contributed by atoms with van der Waals surface area (Å²) in [6, 6.07) is 6.38. The maximum atomic E-state index is 6.10. The van der Waals surface area contributed by atoms with E-state index in [-0.39, 0.29) is 0 Å². The lowest BCUT2D eigenvalue weighted by atomic mass is 10.1. The van der Waals surface area contributed by atoms with Crippen molar-refractivity contribution in [3.05, 3.63) is 28.8 Å². The summed E-state index contributed by atoms with van der Waals surface area (Å²) in [6.45, 7) is 3.84. The van der Waals surface area contributed by atoms with Gasteiger partial charge in [-0.05, 0) is 44.0 Å². The first-order valence-corrected chi connectivity index (χ1v) is 6.26. The van der Waals surface area contributed by atoms with Crippen LogP contribution in [0.3, 0.4) is 0 Å². The Kier molecular flexibility index (Phi) is 4.08. The molecular formula is C13H18ClNO. The van der Waals surface area contributed by atoms with Gasteiger partial charge in [0.15, 0.2) is 0 Å². The van der Waals surface area contributed by atoms with Crippen LogP contribution in [-0.2, 0) is 0 Å². The van der Waals surface area contributed by atoms with Crippen molar-refractivity contribution in [3.8, 4) is 5.75 Å². The van der Waals surface area contributed by atoms with Gasteiger partial charge in [-0.1, -0.05) is 24.1 Å². The lowest BCUT2D eigenvalue weighted by Gasteiger charge is -2.23. The van der Waals surface area contributed by atoms with E-state index in [1.807, 2.05) is 25.1 Å². The van der Waals surface area contributed by atoms with Gasteiger partial charge in [0.05, 0.1) is 5.02 Å². The van der Waals surface area contributed by atoms with Crippen molar-refractivity contribution < 1.29 is 4.74 Å². The molecule has 0 spiro atoms. The van der Waals surface area contributed by atoms with Crippen LogP contribution in [0.5, 0.6) is 5.75 Å². The third-order valence-corrected chi connectivity index (χ3v) is 3.24. The normalized spacial score (nSPS) is 20.8. The van der Waals surface area contributed by atoms with Gasteiger partial charge in [-0.3, -0.25) is 0 Å². The van der Waals surface area contributed by atoms with E-state index < -0.39 is 0 Å². The van der Waals surface area contributed by atoms with Crippen LogP contribution in [0.2, 0.25) is 5.02 Å². The van der Waals surface area contributed by atoms with E-state index in [1.54, 1.807) is 0 Å². The van der Waals surface area contributed by atoms with Crippen molar-refractivity contribution in [1.29, 1.82) is 0 Å². The fourth-order valence-corrected chi connectivity index (χ4v) is 2.27. The summed E-state index contributed by atoms with van der Waals surface area (Å²) in [4.78, 5) is 0. The van der Waals surface area contributed by atoms with Crippen molar-refractivity contribution in [2.24, 2.45) is 0 Å². The predicted octanol–water partition coefficient (Wildman–Crippen LogP) is 3.17. The van der Waals surface area contributed by atoms with Gasteiger partial charge in [0.1, 0.15) is 12.4 Å². The number of aryl methyl sites for hydroxylation is 1. The summed E-state index contributed by atoms with van der Waals surface area (Å²) in [5, 5.41) is 4.16. The van der Waals surface area contributed by atoms with Gasteiger partial charge < -0.3 is 10.1 Å². The topological polar surface area (TPSA) is 21.3 Å². The van der Waals surface area contributed by atoms with Crippen LogP contribution in [0.25, 0.3) is 0 Å². The number of ether oxygens (including phenoxy) is 1. The van der Waals surface area contributed by atoms with Crippen molar-refractivity contribution in [2.45, 2.75) is 32.2 Å². The van der Waals surface area contributed by atoms with E-state index in [4.69, 9.17) is 16.3 Å². The van der Waals surface area contributed by atoms with E-state index in [0.717, 1.165) is 17.9 Å². The molecule has 0 radical (unpaired) electrons. The quantitative estimate of drug-likeness (QED) is 0.875. The Labute approximate surface area is 102 Å². The van der Waals surface area contributed by atoms with Crippen molar-refractivity contribution >= 4 is 11.6 Å². The van der Waals surface area contributed by atoms with Crippen molar-refractivity contribution in [1.82, 2.24) is 5.32 Å². The molecule has 0 saturated carbocycles. The first kappa shape index (κ1) is 11.7. The van der Waals surface area contributed by atoms with Crippen molar-refractivity contribution in [2.75, 3.05) is 13.2 Å². The van der Waals surface area contributed by atoms with E-state index in [0.29, 0.717) is 17.7 Å². The highest BCUT2D eigenvalue weighted by Gasteiger charge is 2.13. The minimum absolute atomic E-state index is 0.478. The Morgan fingerprint density at radius 3 is 3.00 bits per heavy atom. The fraction of sp³-hybridized carbons (Fsp3) is 0.538. The second kappa shape index (κ2) is 5.55. The van der Waals surface area contributed by atoms with Gasteiger partial charge in [0.25, 0.3) is 0 Å². The Bertz CT molecular complexity index is 348. The summed E-state index contributed by atoms with van der Waals surface area (Å²) in [5.74, 6) is 0.791. The molecule has 1 aromatic rings. The first-order chi connectivity index (χ1) is 7.75. The number of rotatable bonds is 3. The highest BCUT2D eigenvalue weighted by atomic mass is 35.5. The molecule has 1 aliphatic heterocycles. The Balaban J connectivity index is 1.88. The molecule has 3 heteroatoms. The van der Waals surface area contributed by atoms with Crippen LogP contribution < -0.4 is 10.1 Å². The monoisotopic (exact) mass is 239 g/mol. The molecule has 1 N–H and O–H groups in total. The molecule has 16 heavy (non-hydrogen) atoms. The fourth-order valence-electron chi connectivity index (χ4n) is 1.98. The molecule has 1 unspecified atom stereocenters. The van der Waals surface area contributed by atoms with Crippen LogP contribution in [0.4, 0.5) is 0 Å². The smallest absolute Gasteiger partial charge is 0.137 e. The zero-order valence-corrected chi connectivity index (χ0v) is 10.4. The Hall–Kier alpha value is -0.730. The number of piperidine rings is 1. The molecule has 0 aromatic heterocycles. The maximum Gasteiger partial charge on any atom is 0.137 e. The van der Waals surface area contributed by atoms with Crippen LogP contribution in [0.1, 0.15) is 24.8 Å². The molecule has 1 aliphatic rings. The molecular weight excluding hydrogens is 222 g/mol. The van der Waals surface area contributed by atoms with Gasteiger partial charge in [-0.2, -0.15) is 0 Å². The van der Waals surface area contributed by atoms with Gasteiger partial charge >= 0.3 is 0 Å². The van der Waals surface area contributed by atoms with E-state index in [1.165, 1.54) is 19.3 Å². The zero-order chi connectivity index (χ0) is 11.4. The highest BCUT2D eigenvalue weighted by molar-refractivity contribution is 6.32. The van der Waals surface area contributed by atoms with Gasteiger partial charge in [0.2, 0.25) is 0 Å². The van der Waals surface area contributed by atoms with E-state index in [9.17, 15) is 0 Å². The molecule has 0 aliphatic carbocycles. The third-order valence-electron chi connectivity index (χ3n) is 2.94. The number of hydrogen-bond donors (Lipinski definition) is 1. The Morgan fingerprint density at radius 1 is 1.44 bits per heavy atom. The average Bonchev–Trinajstić information content (AvgIpc) is 2.29. The van der Waals surface area contributed by atoms with Gasteiger partial charge in [0, 0.05) is 6.04 Å². The molecule has 1 saturated heterocycles. The summed E-state index contributed by atoms with van der Waals surface area (Å²) in [6.07, 6.45) is 3.77. The van der Waals surface area contributed by atoms with Crippen LogP contribution in [0.15, 0.2) is 18.2 Å². The lowest BCUT2D eigenvalue weighted by Crippen LogP contribution is -2.38. The molecule has 0 bridgehead atoms. The van der Waals surface area contributed by atoms with Crippen molar-refractivity contribution in [3.63, 3.8) is 0 Å². The summed E-state index contributed by atoms with van der Waals surface area (Å²) < 4.78 is 5.74. The van der Waals surface area contributed by atoms with E-state index in [2.05, 4.69) is 5.32 Å². The summed E-state index contributed by atoms with van der Waals surface area (Å²) in [5.41, 5.74) is 1.16. The summed E-state index contributed by atoms with van der Waals surface area (Å²) >= 11 is 6.10. The highest BCUT2D eigenvalue weighted by Crippen LogP contribution is 2.25. The summed E-state index contributed by atoms with van der Waals surface area (Å²) in [7, 11) is 0. The number of halogens is 1. The molecule has 1 heterocycles. The van der Waals surface area contributed by atoms with Crippen LogP contribution in [-0.4, -0.2) is 19.2 Å². The maximum absolute atomic E-state index is 6.10. The molecule has 1 aromatic carbocycles. The molecule has 0 amide bonds. The molecule has 88 valence electrons. The third kappa shape index (κ3) is 3.13. The Morgan fingerprint density at radius 2 is 2.31 bits per heavy atom. The predicted molar refractivity (Wildman–Crippen MR) is 67.3 cm³/mol. The van der Waals surface area contributed by atoms with Crippen LogP contribution >= 0.6 is 11.6 Å². The average molecular weight is 240 g/mol. The lowest BCUT2D eigenvalue weighted by molar-refractivity contribution is 0.239. The first-order valence-electron chi connectivity index (χ1n) is 5.88. The standard InChI is InChI=1S/C13H18ClNO/c1-10-5-6-13(12(14)8-10)16-9-11-4-2-3-7-15-11/h5-6,8,11,15H,2-4,7,9H2,1H3. The van der Waals surface area contributed by atoms with Gasteiger partial charge in [-0.25, -0.2) is 0 Å². The van der Waals surface area contributed by atoms with E-state index >= 15 is 0 Å². The second-order valence-corrected chi connectivity index (χ2v) is 4.80. The number of nitrogens with one attached hydrogen (secondary N) is 1. The number of hydrogen-bond acceptors (Lipinski definition) is 2. The second-order valence-electron chi connectivity index (χ2n) is 4.39. The number of benzene rings is 1. The largest absolute Gasteiger partial charge is 0.490 e. The SMILES string of the molecule is Cc1ccc(OCC2CCCCN2)c(Cl)c1. The molecule has 2 nitrogen and oxygen atoms in total. The minimum Gasteiger partial charge on any atom is -0.490 e. The van der Waals surface area contributed by atoms with Crippen LogP contribution in [0, 0.1) is 6.92 Å².